The van der Waals surface area contributed by atoms with Gasteiger partial charge in [0.1, 0.15) is 48.9 Å². The fourth-order valence-corrected chi connectivity index (χ4v) is 5.46. The van der Waals surface area contributed by atoms with Crippen LogP contribution in [0.25, 0.3) is 15.9 Å². The molecule has 1 saturated heterocycles. The first-order valence-electron chi connectivity index (χ1n) is 12.0. The Kier molecular flexibility index (Phi) is 9.23. The summed E-state index contributed by atoms with van der Waals surface area (Å²) in [6.45, 7) is 4.51. The zero-order chi connectivity index (χ0) is 27.4. The molecule has 1 aliphatic rings. The number of esters is 1. The Balaban J connectivity index is 1.79. The second-order valence-electron chi connectivity index (χ2n) is 8.50. The van der Waals surface area contributed by atoms with Gasteiger partial charge >= 0.3 is 5.97 Å². The Morgan fingerprint density at radius 1 is 1.42 bits per heavy atom. The quantitative estimate of drug-likeness (QED) is 0.122. The van der Waals surface area contributed by atoms with Crippen LogP contribution < -0.4 is 0 Å². The summed E-state index contributed by atoms with van der Waals surface area (Å²) < 4.78 is 19.7. The van der Waals surface area contributed by atoms with Crippen LogP contribution in [0.1, 0.15) is 30.8 Å². The predicted octanol–water partition coefficient (Wildman–Crippen LogP) is 2.18. The van der Waals surface area contributed by atoms with Crippen molar-refractivity contribution in [2.75, 3.05) is 26.9 Å². The van der Waals surface area contributed by atoms with E-state index in [1.165, 1.54) is 18.4 Å². The van der Waals surface area contributed by atoms with Crippen LogP contribution in [0.4, 0.5) is 0 Å². The maximum Gasteiger partial charge on any atom is 0.332 e. The van der Waals surface area contributed by atoms with Gasteiger partial charge in [0.25, 0.3) is 0 Å². The molecule has 1 aliphatic heterocycles. The van der Waals surface area contributed by atoms with Gasteiger partial charge in [-0.25, -0.2) is 19.4 Å². The monoisotopic (exact) mass is 567 g/mol. The third-order valence-electron chi connectivity index (χ3n) is 5.98. The summed E-state index contributed by atoms with van der Waals surface area (Å²) >= 11 is 7.97. The van der Waals surface area contributed by atoms with Gasteiger partial charge in [0, 0.05) is 0 Å². The maximum atomic E-state index is 12.2. The van der Waals surface area contributed by atoms with Crippen molar-refractivity contribution in [3.05, 3.63) is 35.4 Å². The number of benzene rings is 1. The van der Waals surface area contributed by atoms with Gasteiger partial charge < -0.3 is 24.4 Å². The third kappa shape index (κ3) is 5.80. The molecule has 38 heavy (non-hydrogen) atoms. The highest BCUT2D eigenvalue weighted by Crippen LogP contribution is 2.38. The largest absolute Gasteiger partial charge is 0.464 e. The summed E-state index contributed by atoms with van der Waals surface area (Å²) in [7, 11) is 1.46. The fraction of sp³-hybridized carbons (Fsp3) is 0.565. The van der Waals surface area contributed by atoms with Crippen LogP contribution in [0, 0.1) is 6.92 Å². The van der Waals surface area contributed by atoms with Gasteiger partial charge in [-0.15, -0.1) is 11.3 Å². The molecule has 15 heteroatoms. The molecular weight excluding hydrogens is 538 g/mol. The van der Waals surface area contributed by atoms with E-state index in [-0.39, 0.29) is 6.61 Å². The van der Waals surface area contributed by atoms with Gasteiger partial charge in [-0.2, -0.15) is 10.2 Å². The van der Waals surface area contributed by atoms with Crippen molar-refractivity contribution in [1.82, 2.24) is 24.8 Å². The van der Waals surface area contributed by atoms with E-state index in [2.05, 4.69) is 25.4 Å². The molecule has 4 rings (SSSR count). The van der Waals surface area contributed by atoms with Crippen molar-refractivity contribution in [3.63, 3.8) is 0 Å². The molecule has 0 aliphatic carbocycles. The molecule has 1 aromatic carbocycles. The number of aliphatic hydroxyl groups excluding tert-OH is 2. The highest BCUT2D eigenvalue weighted by molar-refractivity contribution is 7.18. The van der Waals surface area contributed by atoms with Crippen molar-refractivity contribution in [1.29, 1.82) is 0 Å². The van der Waals surface area contributed by atoms with E-state index in [0.29, 0.717) is 11.5 Å². The third-order valence-corrected chi connectivity index (χ3v) is 7.11. The van der Waals surface area contributed by atoms with Gasteiger partial charge in [-0.1, -0.05) is 16.8 Å². The van der Waals surface area contributed by atoms with E-state index in [1.807, 2.05) is 25.1 Å². The number of ether oxygens (including phenoxy) is 3. The van der Waals surface area contributed by atoms with Crippen molar-refractivity contribution >= 4 is 39.1 Å². The molecule has 2 aromatic heterocycles. The average Bonchev–Trinajstić information content (AvgIpc) is 3.51. The normalized spacial score (nSPS) is 24.7. The summed E-state index contributed by atoms with van der Waals surface area (Å²) in [6.07, 6.45) is -3.02. The lowest BCUT2D eigenvalue weighted by molar-refractivity contribution is -0.235. The van der Waals surface area contributed by atoms with Crippen LogP contribution in [-0.2, 0) is 19.0 Å². The topological polar surface area (TPSA) is 157 Å². The molecule has 3 aromatic rings. The lowest BCUT2D eigenvalue weighted by Crippen LogP contribution is -2.63. The second kappa shape index (κ2) is 12.4. The number of fused-ring (bicyclic) bond motifs is 1. The number of alkyl halides is 1. The zero-order valence-corrected chi connectivity index (χ0v) is 22.9. The first-order chi connectivity index (χ1) is 18.3. The van der Waals surface area contributed by atoms with E-state index in [9.17, 15) is 15.0 Å². The smallest absolute Gasteiger partial charge is 0.332 e. The number of thiazole rings is 1. The number of halogens is 1. The molecule has 0 amide bonds. The minimum atomic E-state index is -1.30. The lowest BCUT2D eigenvalue weighted by Gasteiger charge is -2.47. The first-order valence-corrected chi connectivity index (χ1v) is 13.3. The van der Waals surface area contributed by atoms with Crippen LogP contribution in [0.2, 0.25) is 0 Å². The van der Waals surface area contributed by atoms with E-state index < -0.39 is 55.1 Å². The first kappa shape index (κ1) is 28.3. The van der Waals surface area contributed by atoms with Gasteiger partial charge in [0.15, 0.2) is 5.82 Å². The lowest BCUT2D eigenvalue weighted by atomic mass is 9.91. The van der Waals surface area contributed by atoms with Crippen LogP contribution in [0.3, 0.4) is 0 Å². The van der Waals surface area contributed by atoms with E-state index >= 15 is 0 Å². The van der Waals surface area contributed by atoms with Crippen LogP contribution >= 0.6 is 22.9 Å². The molecule has 2 N–H and O–H groups in total. The number of carbonyl (C=O) groups is 1. The van der Waals surface area contributed by atoms with Crippen molar-refractivity contribution in [2.24, 2.45) is 10.3 Å². The van der Waals surface area contributed by atoms with Crippen LogP contribution in [-0.4, -0.2) is 97.7 Å². The molecule has 206 valence electrons. The second-order valence-corrected chi connectivity index (χ2v) is 10.4. The van der Waals surface area contributed by atoms with Gasteiger partial charge in [0.2, 0.25) is 0 Å². The minimum Gasteiger partial charge on any atom is -0.464 e. The number of hydrogen-bond donors (Lipinski definition) is 2. The molecule has 3 heterocycles. The van der Waals surface area contributed by atoms with Crippen molar-refractivity contribution in [2.45, 2.75) is 56.7 Å². The van der Waals surface area contributed by atoms with Crippen molar-refractivity contribution in [3.8, 4) is 5.69 Å². The van der Waals surface area contributed by atoms with Crippen LogP contribution in [0.5, 0.6) is 0 Å². The Morgan fingerprint density at radius 3 is 2.89 bits per heavy atom. The summed E-state index contributed by atoms with van der Waals surface area (Å²) in [5.41, 5.74) is 0.822. The summed E-state index contributed by atoms with van der Waals surface area (Å²) in [6, 6.07) is 4.69. The standard InChI is InChI=1S/C23H30ClN7O6S/c1-5-35-18(33)10-36-21-19(30(12(2)24)29-25-4)20(34)16(9-32)37-22(21)23-26-11-27-31(23)14-6-7-15-17(8-14)38-13(3)28-15/h6-8,11-12,16,19-22,32,34H,5,9-10H2,1-4H3/t12?,16-,19+,20+,21-,22-/m1/s1. The average molecular weight is 568 g/mol. The maximum absolute atomic E-state index is 12.2. The number of aromatic nitrogens is 4. The molecule has 1 unspecified atom stereocenters. The number of rotatable bonds is 10. The molecule has 0 bridgehead atoms. The molecule has 6 atom stereocenters. The van der Waals surface area contributed by atoms with Gasteiger partial charge in [-0.05, 0) is 39.0 Å². The zero-order valence-electron chi connectivity index (χ0n) is 21.3. The van der Waals surface area contributed by atoms with E-state index in [0.717, 1.165) is 15.2 Å². The SMILES string of the molecule is CCOC(=O)CO[C@@H]1[C@@H](N(N=NC)C(C)Cl)[C@@H](O)[C@@H](CO)O[C@H]1c1ncnn1-c1ccc2nc(C)sc2c1. The molecule has 0 saturated carbocycles. The number of aryl methyl sites for hydroxylation is 1. The number of nitrogens with zero attached hydrogens (tertiary/aromatic N) is 7. The predicted molar refractivity (Wildman–Crippen MR) is 138 cm³/mol. The van der Waals surface area contributed by atoms with Crippen LogP contribution in [0.15, 0.2) is 34.9 Å². The number of carbonyl (C=O) groups excluding carboxylic acids is 1. The fourth-order valence-electron chi connectivity index (χ4n) is 4.43. The van der Waals surface area contributed by atoms with E-state index in [1.54, 1.807) is 29.9 Å². The Labute approximate surface area is 228 Å². The summed E-state index contributed by atoms with van der Waals surface area (Å²) in [5.74, 6) is -0.274. The molecule has 0 radical (unpaired) electrons. The molecule has 13 nitrogen and oxygen atoms in total. The molecule has 0 spiro atoms. The minimum absolute atomic E-state index is 0.175. The summed E-state index contributed by atoms with van der Waals surface area (Å²) in [4.78, 5) is 21.2. The van der Waals surface area contributed by atoms with Gasteiger partial charge in [0.05, 0.1) is 41.2 Å². The van der Waals surface area contributed by atoms with Crippen molar-refractivity contribution < 1.29 is 29.2 Å². The highest BCUT2D eigenvalue weighted by atomic mass is 35.5. The molecular formula is C23H30ClN7O6S. The number of hydrogen-bond acceptors (Lipinski definition) is 12. The van der Waals surface area contributed by atoms with Gasteiger partial charge in [-0.3, -0.25) is 5.01 Å². The van der Waals surface area contributed by atoms with E-state index in [4.69, 9.17) is 25.8 Å². The Morgan fingerprint density at radius 2 is 2.21 bits per heavy atom. The molecule has 1 fully saturated rings. The highest BCUT2D eigenvalue weighted by Gasteiger charge is 2.51. The number of aliphatic hydroxyl groups is 2. The summed E-state index contributed by atoms with van der Waals surface area (Å²) in [5, 5.41) is 35.9. The Hall–Kier alpha value is -2.75. The Bertz CT molecular complexity index is 1270.